The zero-order valence-electron chi connectivity index (χ0n) is 11.7. The van der Waals surface area contributed by atoms with Crippen LogP contribution in [0.5, 0.6) is 0 Å². The monoisotopic (exact) mass is 268 g/mol. The number of rotatable bonds is 4. The van der Waals surface area contributed by atoms with E-state index >= 15 is 0 Å². The van der Waals surface area contributed by atoms with Gasteiger partial charge in [-0.25, -0.2) is 4.79 Å². The van der Waals surface area contributed by atoms with Crippen molar-refractivity contribution < 1.29 is 14.7 Å². The molecule has 5 heteroatoms. The first-order valence-corrected chi connectivity index (χ1v) is 7.23. The second-order valence-corrected chi connectivity index (χ2v) is 6.38. The second kappa shape index (κ2) is 5.80. The summed E-state index contributed by atoms with van der Waals surface area (Å²) in [4.78, 5) is 24.5. The maximum atomic E-state index is 12.0. The number of nitrogens with one attached hydrogen (secondary N) is 1. The number of likely N-dealkylation sites (tertiary alicyclic amines) is 1. The highest BCUT2D eigenvalue weighted by atomic mass is 16.4. The molecule has 1 aliphatic carbocycles. The summed E-state index contributed by atoms with van der Waals surface area (Å²) in [6.45, 7) is 4.23. The lowest BCUT2D eigenvalue weighted by Crippen LogP contribution is -2.42. The molecule has 1 atom stereocenters. The normalized spacial score (nSPS) is 25.5. The van der Waals surface area contributed by atoms with Crippen LogP contribution in [0.1, 0.15) is 45.4 Å². The van der Waals surface area contributed by atoms with Crippen LogP contribution >= 0.6 is 0 Å². The van der Waals surface area contributed by atoms with Gasteiger partial charge >= 0.3 is 12.0 Å². The van der Waals surface area contributed by atoms with Gasteiger partial charge in [-0.05, 0) is 30.6 Å². The number of carboxylic acid groups (broad SMARTS) is 1. The van der Waals surface area contributed by atoms with Gasteiger partial charge in [0.2, 0.25) is 0 Å². The third-order valence-corrected chi connectivity index (χ3v) is 4.51. The summed E-state index contributed by atoms with van der Waals surface area (Å²) < 4.78 is 0. The zero-order valence-corrected chi connectivity index (χ0v) is 11.7. The van der Waals surface area contributed by atoms with Crippen molar-refractivity contribution in [1.29, 1.82) is 0 Å². The van der Waals surface area contributed by atoms with Gasteiger partial charge in [-0.3, -0.25) is 4.79 Å². The number of carbonyl (C=O) groups excluding carboxylic acids is 1. The standard InChI is InChI=1S/C14H24N2O3/c1-14(5-2-3-6-14)10-15-13(19)16-7-4-11(9-16)8-12(17)18/h11H,2-10H2,1H3,(H,15,19)(H,17,18). The molecule has 0 aromatic rings. The van der Waals surface area contributed by atoms with E-state index < -0.39 is 5.97 Å². The smallest absolute Gasteiger partial charge is 0.317 e. The van der Waals surface area contributed by atoms with Gasteiger partial charge < -0.3 is 15.3 Å². The average molecular weight is 268 g/mol. The summed E-state index contributed by atoms with van der Waals surface area (Å²) in [6, 6.07) is -0.0268. The van der Waals surface area contributed by atoms with Gasteiger partial charge in [0, 0.05) is 26.1 Å². The Kier molecular flexibility index (Phi) is 4.32. The third kappa shape index (κ3) is 3.85. The fourth-order valence-corrected chi connectivity index (χ4v) is 3.24. The van der Waals surface area contributed by atoms with Gasteiger partial charge in [0.15, 0.2) is 0 Å². The molecule has 1 saturated carbocycles. The fourth-order valence-electron chi connectivity index (χ4n) is 3.24. The van der Waals surface area contributed by atoms with E-state index in [1.54, 1.807) is 4.90 Å². The molecule has 2 fully saturated rings. The molecule has 0 bridgehead atoms. The highest BCUT2D eigenvalue weighted by molar-refractivity contribution is 5.74. The number of carboxylic acids is 1. The fraction of sp³-hybridized carbons (Fsp3) is 0.857. The SMILES string of the molecule is CC1(CNC(=O)N2CCC(CC(=O)O)C2)CCCC1. The number of hydrogen-bond acceptors (Lipinski definition) is 2. The Morgan fingerprint density at radius 1 is 1.37 bits per heavy atom. The van der Waals surface area contributed by atoms with Crippen LogP contribution in [0.15, 0.2) is 0 Å². The van der Waals surface area contributed by atoms with Crippen LogP contribution in [0.25, 0.3) is 0 Å². The molecule has 2 rings (SSSR count). The van der Waals surface area contributed by atoms with Crippen molar-refractivity contribution in [2.24, 2.45) is 11.3 Å². The molecule has 1 heterocycles. The van der Waals surface area contributed by atoms with Crippen molar-refractivity contribution in [3.8, 4) is 0 Å². The van der Waals surface area contributed by atoms with Crippen molar-refractivity contribution in [2.75, 3.05) is 19.6 Å². The molecule has 0 aromatic heterocycles. The number of urea groups is 1. The Labute approximate surface area is 114 Å². The first-order chi connectivity index (χ1) is 8.98. The predicted octanol–water partition coefficient (Wildman–Crippen LogP) is 2.07. The number of amides is 2. The Morgan fingerprint density at radius 2 is 2.05 bits per heavy atom. The van der Waals surface area contributed by atoms with E-state index in [-0.39, 0.29) is 23.8 Å². The Balaban J connectivity index is 1.73. The minimum absolute atomic E-state index is 0.0268. The van der Waals surface area contributed by atoms with Gasteiger partial charge in [0.05, 0.1) is 0 Å². The summed E-state index contributed by atoms with van der Waals surface area (Å²) in [5, 5.41) is 11.8. The molecular formula is C14H24N2O3. The lowest BCUT2D eigenvalue weighted by Gasteiger charge is -2.26. The van der Waals surface area contributed by atoms with Crippen LogP contribution in [0.4, 0.5) is 4.79 Å². The molecule has 0 spiro atoms. The van der Waals surface area contributed by atoms with E-state index in [4.69, 9.17) is 5.11 Å². The van der Waals surface area contributed by atoms with Gasteiger partial charge in [-0.15, -0.1) is 0 Å². The van der Waals surface area contributed by atoms with Gasteiger partial charge in [0.25, 0.3) is 0 Å². The average Bonchev–Trinajstić information content (AvgIpc) is 2.95. The summed E-state index contributed by atoms with van der Waals surface area (Å²) in [5.74, 6) is -0.656. The number of hydrogen-bond donors (Lipinski definition) is 2. The van der Waals surface area contributed by atoms with Gasteiger partial charge in [0.1, 0.15) is 0 Å². The van der Waals surface area contributed by atoms with E-state index in [0.717, 1.165) is 13.0 Å². The molecule has 108 valence electrons. The highest BCUT2D eigenvalue weighted by Crippen LogP contribution is 2.36. The molecule has 19 heavy (non-hydrogen) atoms. The van der Waals surface area contributed by atoms with Crippen LogP contribution < -0.4 is 5.32 Å². The number of aliphatic carboxylic acids is 1. The molecule has 1 aliphatic heterocycles. The summed E-state index contributed by atoms with van der Waals surface area (Å²) in [6.07, 6.45) is 5.87. The Hall–Kier alpha value is -1.26. The quantitative estimate of drug-likeness (QED) is 0.820. The van der Waals surface area contributed by atoms with Crippen molar-refractivity contribution in [1.82, 2.24) is 10.2 Å². The molecular weight excluding hydrogens is 244 g/mol. The molecule has 5 nitrogen and oxygen atoms in total. The first kappa shape index (κ1) is 14.2. The van der Waals surface area contributed by atoms with Crippen molar-refractivity contribution >= 4 is 12.0 Å². The summed E-state index contributed by atoms with van der Waals surface area (Å²) >= 11 is 0. The largest absolute Gasteiger partial charge is 0.481 e. The second-order valence-electron chi connectivity index (χ2n) is 6.38. The zero-order chi connectivity index (χ0) is 13.9. The Bertz CT molecular complexity index is 351. The minimum atomic E-state index is -0.772. The maximum Gasteiger partial charge on any atom is 0.317 e. The van der Waals surface area contributed by atoms with Crippen LogP contribution in [-0.2, 0) is 4.79 Å². The van der Waals surface area contributed by atoms with E-state index in [0.29, 0.717) is 13.1 Å². The van der Waals surface area contributed by atoms with Gasteiger partial charge in [-0.1, -0.05) is 19.8 Å². The van der Waals surface area contributed by atoms with Crippen LogP contribution in [0.3, 0.4) is 0 Å². The molecule has 2 N–H and O–H groups in total. The van der Waals surface area contributed by atoms with E-state index in [2.05, 4.69) is 12.2 Å². The molecule has 1 saturated heterocycles. The number of carbonyl (C=O) groups is 2. The maximum absolute atomic E-state index is 12.0. The van der Waals surface area contributed by atoms with E-state index in [1.165, 1.54) is 25.7 Å². The van der Waals surface area contributed by atoms with E-state index in [1.807, 2.05) is 0 Å². The third-order valence-electron chi connectivity index (χ3n) is 4.51. The lowest BCUT2D eigenvalue weighted by molar-refractivity contribution is -0.138. The number of nitrogens with zero attached hydrogens (tertiary/aromatic N) is 1. The first-order valence-electron chi connectivity index (χ1n) is 7.23. The van der Waals surface area contributed by atoms with Crippen molar-refractivity contribution in [2.45, 2.75) is 45.4 Å². The topological polar surface area (TPSA) is 69.6 Å². The van der Waals surface area contributed by atoms with Crippen molar-refractivity contribution in [3.63, 3.8) is 0 Å². The van der Waals surface area contributed by atoms with E-state index in [9.17, 15) is 9.59 Å². The highest BCUT2D eigenvalue weighted by Gasteiger charge is 2.31. The molecule has 2 amide bonds. The molecule has 2 aliphatic rings. The molecule has 0 radical (unpaired) electrons. The van der Waals surface area contributed by atoms with Gasteiger partial charge in [-0.2, -0.15) is 0 Å². The Morgan fingerprint density at radius 3 is 2.68 bits per heavy atom. The van der Waals surface area contributed by atoms with Crippen LogP contribution in [0, 0.1) is 11.3 Å². The van der Waals surface area contributed by atoms with Crippen LogP contribution in [0.2, 0.25) is 0 Å². The summed E-state index contributed by atoms with van der Waals surface area (Å²) in [5.41, 5.74) is 0.260. The predicted molar refractivity (Wildman–Crippen MR) is 71.9 cm³/mol. The minimum Gasteiger partial charge on any atom is -0.481 e. The summed E-state index contributed by atoms with van der Waals surface area (Å²) in [7, 11) is 0. The van der Waals surface area contributed by atoms with Crippen molar-refractivity contribution in [3.05, 3.63) is 0 Å². The lowest BCUT2D eigenvalue weighted by atomic mass is 9.89. The molecule has 1 unspecified atom stereocenters. The molecule has 0 aromatic carbocycles. The van der Waals surface area contributed by atoms with Crippen LogP contribution in [-0.4, -0.2) is 41.6 Å².